The molecule has 0 spiro atoms. The largest absolute Gasteiger partial charge is 0.353 e. The summed E-state index contributed by atoms with van der Waals surface area (Å²) in [6, 6.07) is 8.28. The lowest BCUT2D eigenvalue weighted by Crippen LogP contribution is -2.25. The maximum atomic E-state index is 11.9. The van der Waals surface area contributed by atoms with Crippen LogP contribution in [0.2, 0.25) is 5.15 Å². The summed E-state index contributed by atoms with van der Waals surface area (Å²) < 4.78 is 1.76. The molecule has 0 unspecified atom stereocenters. The zero-order valence-corrected chi connectivity index (χ0v) is 16.7. The van der Waals surface area contributed by atoms with Crippen LogP contribution in [0.1, 0.15) is 28.8 Å². The number of carbonyl (C=O) groups is 1. The Morgan fingerprint density at radius 1 is 1.27 bits per heavy atom. The second kappa shape index (κ2) is 9.55. The van der Waals surface area contributed by atoms with E-state index >= 15 is 0 Å². The monoisotopic (exact) mass is 374 g/mol. The fraction of sp³-hybridized carbons (Fsp3) is 0.400. The van der Waals surface area contributed by atoms with E-state index in [9.17, 15) is 4.79 Å². The van der Waals surface area contributed by atoms with Crippen LogP contribution in [0.25, 0.3) is 6.08 Å². The predicted octanol–water partition coefficient (Wildman–Crippen LogP) is 3.28. The van der Waals surface area contributed by atoms with Gasteiger partial charge in [-0.25, -0.2) is 4.68 Å². The van der Waals surface area contributed by atoms with Crippen LogP contribution in [0, 0.1) is 13.8 Å². The van der Waals surface area contributed by atoms with Crippen LogP contribution in [0.4, 0.5) is 0 Å². The van der Waals surface area contributed by atoms with E-state index in [1.165, 1.54) is 11.6 Å². The number of benzene rings is 1. The molecule has 140 valence electrons. The van der Waals surface area contributed by atoms with Gasteiger partial charge in [0.25, 0.3) is 0 Å². The number of aryl methyl sites for hydroxylation is 2. The van der Waals surface area contributed by atoms with Gasteiger partial charge in [-0.05, 0) is 52.5 Å². The molecule has 0 bridgehead atoms. The summed E-state index contributed by atoms with van der Waals surface area (Å²) >= 11 is 6.47. The van der Waals surface area contributed by atoms with Crippen molar-refractivity contribution in [3.8, 4) is 0 Å². The minimum absolute atomic E-state index is 0.120. The number of aromatic nitrogens is 2. The predicted molar refractivity (Wildman–Crippen MR) is 107 cm³/mol. The van der Waals surface area contributed by atoms with Gasteiger partial charge in [0.1, 0.15) is 5.15 Å². The fourth-order valence-electron chi connectivity index (χ4n) is 2.55. The molecular weight excluding hydrogens is 348 g/mol. The number of hydrogen-bond acceptors (Lipinski definition) is 3. The third-order valence-corrected chi connectivity index (χ3v) is 4.44. The molecule has 0 saturated heterocycles. The Kier molecular flexibility index (Phi) is 7.42. The second-order valence-electron chi connectivity index (χ2n) is 6.71. The van der Waals surface area contributed by atoms with Crippen LogP contribution in [-0.2, 0) is 11.3 Å². The van der Waals surface area contributed by atoms with Crippen molar-refractivity contribution in [2.75, 3.05) is 27.2 Å². The van der Waals surface area contributed by atoms with Crippen molar-refractivity contribution in [1.82, 2.24) is 20.0 Å². The van der Waals surface area contributed by atoms with Gasteiger partial charge < -0.3 is 10.2 Å². The maximum Gasteiger partial charge on any atom is 0.244 e. The quantitative estimate of drug-likeness (QED) is 0.569. The third-order valence-electron chi connectivity index (χ3n) is 4.05. The lowest BCUT2D eigenvalue weighted by atomic mass is 10.1. The molecule has 0 aliphatic carbocycles. The molecule has 1 aromatic carbocycles. The van der Waals surface area contributed by atoms with Gasteiger partial charge in [0.15, 0.2) is 0 Å². The number of rotatable bonds is 8. The minimum atomic E-state index is -0.120. The zero-order chi connectivity index (χ0) is 19.1. The molecule has 6 heteroatoms. The number of halogens is 1. The molecule has 2 aromatic rings. The summed E-state index contributed by atoms with van der Waals surface area (Å²) in [5.41, 5.74) is 3.94. The molecule has 1 N–H and O–H groups in total. The van der Waals surface area contributed by atoms with Crippen molar-refractivity contribution >= 4 is 23.6 Å². The van der Waals surface area contributed by atoms with E-state index in [-0.39, 0.29) is 5.91 Å². The first-order chi connectivity index (χ1) is 12.4. The molecule has 0 saturated carbocycles. The number of amides is 1. The van der Waals surface area contributed by atoms with E-state index in [0.29, 0.717) is 18.2 Å². The van der Waals surface area contributed by atoms with Gasteiger partial charge in [0.2, 0.25) is 5.91 Å². The lowest BCUT2D eigenvalue weighted by molar-refractivity contribution is -0.116. The number of hydrogen-bond donors (Lipinski definition) is 1. The number of carbonyl (C=O) groups excluding carboxylic acids is 1. The summed E-state index contributed by atoms with van der Waals surface area (Å²) in [6.07, 6.45) is 4.17. The topological polar surface area (TPSA) is 50.2 Å². The van der Waals surface area contributed by atoms with Crippen molar-refractivity contribution in [3.63, 3.8) is 0 Å². The summed E-state index contributed by atoms with van der Waals surface area (Å²) in [4.78, 5) is 14.0. The van der Waals surface area contributed by atoms with Crippen molar-refractivity contribution in [3.05, 3.63) is 57.9 Å². The molecule has 0 aliphatic rings. The highest BCUT2D eigenvalue weighted by atomic mass is 35.5. The van der Waals surface area contributed by atoms with E-state index in [1.54, 1.807) is 10.8 Å². The molecule has 0 fully saturated rings. The molecular formula is C20H27ClN4O. The number of nitrogens with one attached hydrogen (secondary N) is 1. The first kappa shape index (κ1) is 20.2. The summed E-state index contributed by atoms with van der Waals surface area (Å²) in [5.74, 6) is -0.120. The Morgan fingerprint density at radius 3 is 2.62 bits per heavy atom. The highest BCUT2D eigenvalue weighted by Gasteiger charge is 2.11. The first-order valence-corrected chi connectivity index (χ1v) is 9.13. The van der Waals surface area contributed by atoms with Gasteiger partial charge in [-0.1, -0.05) is 41.4 Å². The Labute approximate surface area is 160 Å². The van der Waals surface area contributed by atoms with E-state index in [4.69, 9.17) is 11.6 Å². The van der Waals surface area contributed by atoms with Crippen LogP contribution in [-0.4, -0.2) is 47.8 Å². The van der Waals surface area contributed by atoms with Crippen molar-refractivity contribution in [2.45, 2.75) is 26.8 Å². The van der Waals surface area contributed by atoms with E-state index in [2.05, 4.69) is 46.5 Å². The zero-order valence-electron chi connectivity index (χ0n) is 15.9. The van der Waals surface area contributed by atoms with E-state index in [1.807, 2.05) is 21.0 Å². The Hall–Kier alpha value is -2.11. The van der Waals surface area contributed by atoms with Gasteiger partial charge in [-0.2, -0.15) is 5.10 Å². The van der Waals surface area contributed by atoms with Crippen molar-refractivity contribution < 1.29 is 4.79 Å². The smallest absolute Gasteiger partial charge is 0.244 e. The second-order valence-corrected chi connectivity index (χ2v) is 7.07. The molecule has 1 amide bonds. The molecule has 2 rings (SSSR count). The average Bonchev–Trinajstić information content (AvgIpc) is 2.85. The molecule has 0 aliphatic heterocycles. The number of nitrogens with zero attached hydrogens (tertiary/aromatic N) is 3. The fourth-order valence-corrected chi connectivity index (χ4v) is 2.85. The molecule has 26 heavy (non-hydrogen) atoms. The van der Waals surface area contributed by atoms with E-state index in [0.717, 1.165) is 29.8 Å². The summed E-state index contributed by atoms with van der Waals surface area (Å²) in [7, 11) is 4.03. The van der Waals surface area contributed by atoms with Crippen molar-refractivity contribution in [1.29, 1.82) is 0 Å². The Bertz CT molecular complexity index is 763. The summed E-state index contributed by atoms with van der Waals surface area (Å²) in [5, 5.41) is 7.91. The molecule has 1 heterocycles. The first-order valence-electron chi connectivity index (χ1n) is 8.76. The Morgan fingerprint density at radius 2 is 1.96 bits per heavy atom. The molecule has 5 nitrogen and oxygen atoms in total. The lowest BCUT2D eigenvalue weighted by Gasteiger charge is -2.08. The summed E-state index contributed by atoms with van der Waals surface area (Å²) in [6.45, 7) is 6.15. The van der Waals surface area contributed by atoms with Crippen LogP contribution >= 0.6 is 11.6 Å². The van der Waals surface area contributed by atoms with Crippen LogP contribution in [0.15, 0.2) is 30.3 Å². The standard InChI is InChI=1S/C20H27ClN4O/c1-15-6-8-17(9-7-15)14-25-20(21)18(16(2)23-25)10-11-19(26)22-12-5-13-24(3)4/h6-11H,5,12-14H2,1-4H3,(H,22,26). The minimum Gasteiger partial charge on any atom is -0.353 e. The SMILES string of the molecule is Cc1ccc(Cn2nc(C)c(C=CC(=O)NCCCN(C)C)c2Cl)cc1. The molecule has 0 atom stereocenters. The van der Waals surface area contributed by atoms with Gasteiger partial charge in [0.05, 0.1) is 12.2 Å². The highest BCUT2D eigenvalue weighted by Crippen LogP contribution is 2.22. The van der Waals surface area contributed by atoms with Gasteiger partial charge in [-0.15, -0.1) is 0 Å². The normalized spacial score (nSPS) is 11.5. The third kappa shape index (κ3) is 6.00. The molecule has 0 radical (unpaired) electrons. The van der Waals surface area contributed by atoms with Crippen molar-refractivity contribution in [2.24, 2.45) is 0 Å². The van der Waals surface area contributed by atoms with Crippen LogP contribution < -0.4 is 5.32 Å². The van der Waals surface area contributed by atoms with Gasteiger partial charge in [0, 0.05) is 18.2 Å². The van der Waals surface area contributed by atoms with Gasteiger partial charge >= 0.3 is 0 Å². The maximum absolute atomic E-state index is 11.9. The Balaban J connectivity index is 1.98. The molecule has 1 aromatic heterocycles. The van der Waals surface area contributed by atoms with Crippen LogP contribution in [0.5, 0.6) is 0 Å². The van der Waals surface area contributed by atoms with Gasteiger partial charge in [-0.3, -0.25) is 4.79 Å². The van der Waals surface area contributed by atoms with Crippen LogP contribution in [0.3, 0.4) is 0 Å². The average molecular weight is 375 g/mol. The van der Waals surface area contributed by atoms with E-state index < -0.39 is 0 Å². The highest BCUT2D eigenvalue weighted by molar-refractivity contribution is 6.31.